The predicted octanol–water partition coefficient (Wildman–Crippen LogP) is 3.73. The normalized spacial score (nSPS) is 18.5. The highest BCUT2D eigenvalue weighted by Gasteiger charge is 2.44. The molecule has 2 amide bonds. The summed E-state index contributed by atoms with van der Waals surface area (Å²) in [5, 5.41) is 0. The summed E-state index contributed by atoms with van der Waals surface area (Å²) in [6.45, 7) is 1.01. The van der Waals surface area contributed by atoms with Crippen LogP contribution in [-0.4, -0.2) is 42.7 Å². The molecule has 0 aromatic heterocycles. The smallest absolute Gasteiger partial charge is 0.409 e. The van der Waals surface area contributed by atoms with Gasteiger partial charge in [0.25, 0.3) is 0 Å². The monoisotopic (exact) mass is 366 g/mol. The minimum atomic E-state index is -0.610. The number of methoxy groups -OCH3 is 1. The van der Waals surface area contributed by atoms with Crippen LogP contribution in [0.5, 0.6) is 5.75 Å². The van der Waals surface area contributed by atoms with Crippen molar-refractivity contribution in [2.75, 3.05) is 25.1 Å². The Morgan fingerprint density at radius 3 is 2.41 bits per heavy atom. The maximum Gasteiger partial charge on any atom is 0.409 e. The Morgan fingerprint density at radius 2 is 1.70 bits per heavy atom. The number of piperidine rings is 1. The van der Waals surface area contributed by atoms with Gasteiger partial charge in [0.05, 0.1) is 19.2 Å². The standard InChI is InChI=1S/C21H22N2O4/c1-26-20(25)22-13-11-21(12-14-22)15-19(24)23(16-7-3-2-4-8-16)17-9-5-6-10-18(17)27-21/h2-10H,11-15H2,1H3. The van der Waals surface area contributed by atoms with Gasteiger partial charge in [0.15, 0.2) is 0 Å². The van der Waals surface area contributed by atoms with Crippen LogP contribution in [-0.2, 0) is 9.53 Å². The summed E-state index contributed by atoms with van der Waals surface area (Å²) < 4.78 is 11.2. The second kappa shape index (κ2) is 6.95. The SMILES string of the molecule is COC(=O)N1CCC2(CC1)CC(=O)N(c1ccccc1)c1ccccc1O2. The third-order valence-corrected chi connectivity index (χ3v) is 5.28. The summed E-state index contributed by atoms with van der Waals surface area (Å²) >= 11 is 0. The topological polar surface area (TPSA) is 59.1 Å². The minimum Gasteiger partial charge on any atom is -0.484 e. The molecule has 0 radical (unpaired) electrons. The zero-order valence-corrected chi connectivity index (χ0v) is 15.3. The van der Waals surface area contributed by atoms with E-state index >= 15 is 0 Å². The van der Waals surface area contributed by atoms with E-state index in [9.17, 15) is 9.59 Å². The van der Waals surface area contributed by atoms with Crippen LogP contribution in [0, 0.1) is 0 Å². The van der Waals surface area contributed by atoms with Crippen LogP contribution in [0.2, 0.25) is 0 Å². The van der Waals surface area contributed by atoms with Crippen molar-refractivity contribution >= 4 is 23.4 Å². The van der Waals surface area contributed by atoms with Crippen molar-refractivity contribution < 1.29 is 19.1 Å². The summed E-state index contributed by atoms with van der Waals surface area (Å²) in [4.78, 5) is 28.4. The molecule has 0 N–H and O–H groups in total. The molecule has 2 aliphatic heterocycles. The van der Waals surface area contributed by atoms with Crippen LogP contribution in [0.15, 0.2) is 54.6 Å². The van der Waals surface area contributed by atoms with Crippen molar-refractivity contribution in [2.24, 2.45) is 0 Å². The van der Waals surface area contributed by atoms with Crippen molar-refractivity contribution in [3.8, 4) is 5.75 Å². The predicted molar refractivity (Wildman–Crippen MR) is 101 cm³/mol. The van der Waals surface area contributed by atoms with E-state index < -0.39 is 5.60 Å². The first-order chi connectivity index (χ1) is 13.1. The number of para-hydroxylation sites is 3. The Morgan fingerprint density at radius 1 is 1.04 bits per heavy atom. The maximum absolute atomic E-state index is 13.3. The van der Waals surface area contributed by atoms with Gasteiger partial charge in [-0.3, -0.25) is 9.69 Å². The lowest BCUT2D eigenvalue weighted by atomic mass is 9.87. The van der Waals surface area contributed by atoms with Crippen LogP contribution in [0.4, 0.5) is 16.2 Å². The number of likely N-dealkylation sites (tertiary alicyclic amines) is 1. The van der Waals surface area contributed by atoms with Crippen LogP contribution in [0.25, 0.3) is 0 Å². The zero-order chi connectivity index (χ0) is 18.9. The molecule has 2 aromatic rings. The number of nitrogens with zero attached hydrogens (tertiary/aromatic N) is 2. The number of anilines is 2. The first kappa shape index (κ1) is 17.4. The van der Waals surface area contributed by atoms with Gasteiger partial charge in [0, 0.05) is 31.6 Å². The molecule has 2 heterocycles. The largest absolute Gasteiger partial charge is 0.484 e. The van der Waals surface area contributed by atoms with Crippen molar-refractivity contribution in [3.63, 3.8) is 0 Å². The molecule has 6 nitrogen and oxygen atoms in total. The molecule has 1 saturated heterocycles. The summed E-state index contributed by atoms with van der Waals surface area (Å²) in [6.07, 6.45) is 1.11. The second-order valence-corrected chi connectivity index (χ2v) is 6.95. The van der Waals surface area contributed by atoms with Crippen molar-refractivity contribution in [1.82, 2.24) is 4.90 Å². The summed E-state index contributed by atoms with van der Waals surface area (Å²) in [6, 6.07) is 17.2. The van der Waals surface area contributed by atoms with Crippen LogP contribution >= 0.6 is 0 Å². The van der Waals surface area contributed by atoms with E-state index in [0.717, 1.165) is 11.4 Å². The second-order valence-electron chi connectivity index (χ2n) is 6.95. The van der Waals surface area contributed by atoms with Crippen molar-refractivity contribution in [2.45, 2.75) is 24.9 Å². The van der Waals surface area contributed by atoms with Crippen LogP contribution < -0.4 is 9.64 Å². The molecule has 0 bridgehead atoms. The molecule has 140 valence electrons. The molecular formula is C21H22N2O4. The van der Waals surface area contributed by atoms with Crippen LogP contribution in [0.3, 0.4) is 0 Å². The van der Waals surface area contributed by atoms with Crippen LogP contribution in [0.1, 0.15) is 19.3 Å². The van der Waals surface area contributed by atoms with E-state index in [0.29, 0.717) is 31.7 Å². The fraction of sp³-hybridized carbons (Fsp3) is 0.333. The highest BCUT2D eigenvalue weighted by atomic mass is 16.5. The molecule has 0 saturated carbocycles. The van der Waals surface area contributed by atoms with Gasteiger partial charge in [0.1, 0.15) is 11.4 Å². The number of hydrogen-bond acceptors (Lipinski definition) is 4. The van der Waals surface area contributed by atoms with Gasteiger partial charge in [-0.1, -0.05) is 30.3 Å². The Kier molecular flexibility index (Phi) is 4.48. The molecule has 0 atom stereocenters. The number of fused-ring (bicyclic) bond motifs is 1. The van der Waals surface area contributed by atoms with Crippen molar-refractivity contribution in [1.29, 1.82) is 0 Å². The first-order valence-electron chi connectivity index (χ1n) is 9.11. The lowest BCUT2D eigenvalue weighted by Crippen LogP contribution is -2.50. The molecule has 0 aliphatic carbocycles. The fourth-order valence-electron chi connectivity index (χ4n) is 3.85. The lowest BCUT2D eigenvalue weighted by Gasteiger charge is -2.40. The Labute approximate surface area is 158 Å². The molecule has 27 heavy (non-hydrogen) atoms. The Hall–Kier alpha value is -3.02. The molecule has 0 unspecified atom stereocenters. The number of ether oxygens (including phenoxy) is 2. The number of benzene rings is 2. The van der Waals surface area contributed by atoms with E-state index in [1.165, 1.54) is 7.11 Å². The van der Waals surface area contributed by atoms with Crippen molar-refractivity contribution in [3.05, 3.63) is 54.6 Å². The van der Waals surface area contributed by atoms with Gasteiger partial charge < -0.3 is 14.4 Å². The number of hydrogen-bond donors (Lipinski definition) is 0. The molecule has 2 aliphatic rings. The number of carbonyl (C=O) groups is 2. The minimum absolute atomic E-state index is 0.00216. The molecular weight excluding hydrogens is 344 g/mol. The summed E-state index contributed by atoms with van der Waals surface area (Å²) in [5.74, 6) is 0.691. The average Bonchev–Trinajstić information content (AvgIpc) is 2.81. The molecule has 1 spiro atoms. The fourth-order valence-corrected chi connectivity index (χ4v) is 3.85. The first-order valence-corrected chi connectivity index (χ1v) is 9.11. The maximum atomic E-state index is 13.3. The third kappa shape index (κ3) is 3.23. The quantitative estimate of drug-likeness (QED) is 0.772. The van der Waals surface area contributed by atoms with Gasteiger partial charge in [-0.25, -0.2) is 4.79 Å². The van der Waals surface area contributed by atoms with E-state index in [4.69, 9.17) is 9.47 Å². The summed E-state index contributed by atoms with van der Waals surface area (Å²) in [7, 11) is 1.38. The van der Waals surface area contributed by atoms with E-state index in [2.05, 4.69) is 0 Å². The lowest BCUT2D eigenvalue weighted by molar-refractivity contribution is -0.122. The highest BCUT2D eigenvalue weighted by molar-refractivity contribution is 6.03. The van der Waals surface area contributed by atoms with Gasteiger partial charge >= 0.3 is 6.09 Å². The molecule has 6 heteroatoms. The number of carbonyl (C=O) groups excluding carboxylic acids is 2. The average molecular weight is 366 g/mol. The zero-order valence-electron chi connectivity index (χ0n) is 15.3. The van der Waals surface area contributed by atoms with Gasteiger partial charge in [-0.05, 0) is 24.3 Å². The van der Waals surface area contributed by atoms with Gasteiger partial charge in [-0.2, -0.15) is 0 Å². The van der Waals surface area contributed by atoms with E-state index in [-0.39, 0.29) is 18.4 Å². The Bertz CT molecular complexity index is 844. The Balaban J connectivity index is 1.67. The summed E-state index contributed by atoms with van der Waals surface area (Å²) in [5.41, 5.74) is 0.963. The van der Waals surface area contributed by atoms with E-state index in [1.807, 2.05) is 54.6 Å². The third-order valence-electron chi connectivity index (χ3n) is 5.28. The molecule has 2 aromatic carbocycles. The number of amides is 2. The molecule has 1 fully saturated rings. The molecule has 4 rings (SSSR count). The van der Waals surface area contributed by atoms with Gasteiger partial charge in [0.2, 0.25) is 5.91 Å². The number of rotatable bonds is 1. The van der Waals surface area contributed by atoms with E-state index in [1.54, 1.807) is 9.80 Å². The highest BCUT2D eigenvalue weighted by Crippen LogP contribution is 2.43. The van der Waals surface area contributed by atoms with Gasteiger partial charge in [-0.15, -0.1) is 0 Å².